The Labute approximate surface area is 83.7 Å². The Bertz CT molecular complexity index is 279. The van der Waals surface area contributed by atoms with Crippen LogP contribution in [0.5, 0.6) is 0 Å². The lowest BCUT2D eigenvalue weighted by Crippen LogP contribution is -2.30. The van der Waals surface area contributed by atoms with Crippen molar-refractivity contribution >= 4 is 11.8 Å². The number of rotatable bonds is 2. The van der Waals surface area contributed by atoms with Crippen molar-refractivity contribution in [2.24, 2.45) is 11.8 Å². The van der Waals surface area contributed by atoms with Gasteiger partial charge in [0.1, 0.15) is 0 Å². The Morgan fingerprint density at radius 3 is 2.31 bits per heavy atom. The minimum Gasteiger partial charge on any atom is -0.122 e. The maximum atomic E-state index is 2.24. The summed E-state index contributed by atoms with van der Waals surface area (Å²) in [6.45, 7) is 0. The molecule has 1 aromatic carbocycles. The molecule has 4 rings (SSSR count). The van der Waals surface area contributed by atoms with Gasteiger partial charge in [-0.2, -0.15) is 0 Å². The van der Waals surface area contributed by atoms with Crippen LogP contribution in [0.25, 0.3) is 0 Å². The highest BCUT2D eigenvalue weighted by Crippen LogP contribution is 2.55. The zero-order valence-electron chi connectivity index (χ0n) is 7.65. The molecule has 0 saturated heterocycles. The minimum absolute atomic E-state index is 0.961. The van der Waals surface area contributed by atoms with Gasteiger partial charge in [-0.3, -0.25) is 0 Å². The third-order valence-corrected chi connectivity index (χ3v) is 5.04. The topological polar surface area (TPSA) is 0 Å². The fraction of sp³-hybridized carbons (Fsp3) is 0.500. The van der Waals surface area contributed by atoms with Gasteiger partial charge in [0.25, 0.3) is 0 Å². The molecule has 3 saturated carbocycles. The van der Waals surface area contributed by atoms with Gasteiger partial charge >= 0.3 is 0 Å². The molecule has 0 heterocycles. The molecular formula is C12H14S. The van der Waals surface area contributed by atoms with E-state index in [4.69, 9.17) is 0 Å². The lowest BCUT2D eigenvalue weighted by atomic mass is 9.84. The molecule has 0 radical (unpaired) electrons. The zero-order valence-corrected chi connectivity index (χ0v) is 8.46. The summed E-state index contributed by atoms with van der Waals surface area (Å²) in [6.07, 6.45) is 4.51. The Hall–Kier alpha value is -0.430. The second-order valence-electron chi connectivity index (χ2n) is 4.23. The molecule has 1 aromatic rings. The van der Waals surface area contributed by atoms with E-state index < -0.39 is 0 Å². The van der Waals surface area contributed by atoms with Crippen molar-refractivity contribution in [1.29, 1.82) is 0 Å². The van der Waals surface area contributed by atoms with Crippen molar-refractivity contribution in [2.45, 2.75) is 29.4 Å². The summed E-state index contributed by atoms with van der Waals surface area (Å²) in [6, 6.07) is 10.9. The highest BCUT2D eigenvalue weighted by atomic mass is 32.2. The molecule has 3 fully saturated rings. The summed E-state index contributed by atoms with van der Waals surface area (Å²) in [7, 11) is 0. The minimum atomic E-state index is 0.961. The summed E-state index contributed by atoms with van der Waals surface area (Å²) < 4.78 is 0. The maximum Gasteiger partial charge on any atom is 0.0151 e. The van der Waals surface area contributed by atoms with Gasteiger partial charge in [-0.15, -0.1) is 11.8 Å². The maximum absolute atomic E-state index is 2.24. The van der Waals surface area contributed by atoms with Crippen molar-refractivity contribution in [2.75, 3.05) is 0 Å². The largest absolute Gasteiger partial charge is 0.122 e. The number of benzene rings is 1. The Balaban J connectivity index is 1.71. The third kappa shape index (κ3) is 1.30. The Morgan fingerprint density at radius 1 is 1.00 bits per heavy atom. The summed E-state index contributed by atoms with van der Waals surface area (Å²) >= 11 is 2.11. The highest BCUT2D eigenvalue weighted by Gasteiger charge is 2.46. The van der Waals surface area contributed by atoms with E-state index in [1.165, 1.54) is 24.2 Å². The molecule has 0 aliphatic heterocycles. The first-order valence-electron chi connectivity index (χ1n) is 5.15. The smallest absolute Gasteiger partial charge is 0.0151 e. The van der Waals surface area contributed by atoms with Gasteiger partial charge in [0.05, 0.1) is 0 Å². The molecule has 1 unspecified atom stereocenters. The summed E-state index contributed by atoms with van der Waals surface area (Å²) in [5.74, 6) is 2.10. The van der Waals surface area contributed by atoms with Crippen LogP contribution in [-0.4, -0.2) is 5.25 Å². The highest BCUT2D eigenvalue weighted by molar-refractivity contribution is 8.00. The average molecular weight is 190 g/mol. The first-order chi connectivity index (χ1) is 6.43. The SMILES string of the molecule is c1ccc(SC2[C@@H]3CC[C@H]2C3)cc1. The second kappa shape index (κ2) is 3.06. The molecule has 0 amide bonds. The number of thioether (sulfide) groups is 1. The Morgan fingerprint density at radius 2 is 1.69 bits per heavy atom. The zero-order chi connectivity index (χ0) is 8.67. The van der Waals surface area contributed by atoms with Gasteiger partial charge in [0.2, 0.25) is 0 Å². The van der Waals surface area contributed by atoms with E-state index in [0.717, 1.165) is 17.1 Å². The van der Waals surface area contributed by atoms with Gasteiger partial charge in [-0.05, 0) is 43.2 Å². The predicted octanol–water partition coefficient (Wildman–Crippen LogP) is 3.58. The van der Waals surface area contributed by atoms with Crippen LogP contribution in [0.2, 0.25) is 0 Å². The second-order valence-corrected chi connectivity index (χ2v) is 5.48. The van der Waals surface area contributed by atoms with Crippen molar-refractivity contribution < 1.29 is 0 Å². The number of hydrogen-bond acceptors (Lipinski definition) is 1. The standard InChI is InChI=1S/C12H14S/c1-2-4-11(5-3-1)13-12-9-6-7-10(12)8-9/h1-5,9-10,12H,6-8H2/t9-,10+,12?. The molecular weight excluding hydrogens is 176 g/mol. The van der Waals surface area contributed by atoms with E-state index in [-0.39, 0.29) is 0 Å². The monoisotopic (exact) mass is 190 g/mol. The fourth-order valence-electron chi connectivity index (χ4n) is 2.69. The first kappa shape index (κ1) is 7.93. The van der Waals surface area contributed by atoms with E-state index in [9.17, 15) is 0 Å². The molecule has 2 bridgehead atoms. The molecule has 3 atom stereocenters. The third-order valence-electron chi connectivity index (χ3n) is 3.46. The molecule has 13 heavy (non-hydrogen) atoms. The van der Waals surface area contributed by atoms with Crippen LogP contribution >= 0.6 is 11.8 Å². The van der Waals surface area contributed by atoms with Crippen LogP contribution < -0.4 is 0 Å². The summed E-state index contributed by atoms with van der Waals surface area (Å²) in [4.78, 5) is 1.46. The van der Waals surface area contributed by atoms with Crippen LogP contribution in [0.3, 0.4) is 0 Å². The van der Waals surface area contributed by atoms with Gasteiger partial charge in [-0.25, -0.2) is 0 Å². The van der Waals surface area contributed by atoms with Crippen LogP contribution in [-0.2, 0) is 0 Å². The van der Waals surface area contributed by atoms with E-state index in [1.807, 2.05) is 0 Å². The van der Waals surface area contributed by atoms with Crippen LogP contribution in [0, 0.1) is 11.8 Å². The van der Waals surface area contributed by atoms with E-state index >= 15 is 0 Å². The fourth-order valence-corrected chi connectivity index (χ4v) is 4.20. The van der Waals surface area contributed by atoms with Crippen molar-refractivity contribution in [1.82, 2.24) is 0 Å². The van der Waals surface area contributed by atoms with Crippen LogP contribution in [0.15, 0.2) is 35.2 Å². The average Bonchev–Trinajstić information content (AvgIpc) is 2.77. The predicted molar refractivity (Wildman–Crippen MR) is 56.9 cm³/mol. The molecule has 3 aliphatic carbocycles. The van der Waals surface area contributed by atoms with Gasteiger partial charge < -0.3 is 0 Å². The van der Waals surface area contributed by atoms with Crippen molar-refractivity contribution in [3.8, 4) is 0 Å². The normalized spacial score (nSPS) is 35.8. The Kier molecular flexibility index (Phi) is 1.86. The van der Waals surface area contributed by atoms with E-state index in [0.29, 0.717) is 0 Å². The molecule has 3 aliphatic rings. The summed E-state index contributed by atoms with van der Waals surface area (Å²) in [5, 5.41) is 0.961. The van der Waals surface area contributed by atoms with Gasteiger partial charge in [0.15, 0.2) is 0 Å². The molecule has 1 heteroatoms. The van der Waals surface area contributed by atoms with Gasteiger partial charge in [0, 0.05) is 10.1 Å². The lowest BCUT2D eigenvalue weighted by molar-refractivity contribution is 0.321. The van der Waals surface area contributed by atoms with E-state index in [1.54, 1.807) is 0 Å². The molecule has 0 aromatic heterocycles. The quantitative estimate of drug-likeness (QED) is 0.687. The summed E-state index contributed by atoms with van der Waals surface area (Å²) in [5.41, 5.74) is 0. The van der Waals surface area contributed by atoms with Crippen LogP contribution in [0.1, 0.15) is 19.3 Å². The molecule has 0 N–H and O–H groups in total. The number of hydrogen-bond donors (Lipinski definition) is 0. The van der Waals surface area contributed by atoms with Crippen molar-refractivity contribution in [3.63, 3.8) is 0 Å². The molecule has 0 nitrogen and oxygen atoms in total. The molecule has 0 spiro atoms. The number of fused-ring (bicyclic) bond motifs is 1. The first-order valence-corrected chi connectivity index (χ1v) is 6.03. The lowest BCUT2D eigenvalue weighted by Gasteiger charge is -2.35. The van der Waals surface area contributed by atoms with E-state index in [2.05, 4.69) is 42.1 Å². The van der Waals surface area contributed by atoms with Crippen molar-refractivity contribution in [3.05, 3.63) is 30.3 Å². The molecule has 68 valence electrons. The van der Waals surface area contributed by atoms with Crippen LogP contribution in [0.4, 0.5) is 0 Å². The van der Waals surface area contributed by atoms with Gasteiger partial charge in [-0.1, -0.05) is 18.2 Å².